The van der Waals surface area contributed by atoms with Crippen molar-refractivity contribution in [1.82, 2.24) is 5.32 Å². The standard InChI is InChI=1S/C18H28N4O3/c1-10(2)16(19)18(25)20-9-15(23)22-14-8-13(7-6-12(14)5)21-17(24)11(3)4/h6-8,10-11,16H,9,19H2,1-5H3,(H,20,25)(H,21,24)(H,22,23)/t16-/m0/s1. The Morgan fingerprint density at radius 2 is 1.68 bits per heavy atom. The van der Waals surface area contributed by atoms with Crippen molar-refractivity contribution in [2.75, 3.05) is 17.2 Å². The number of hydrogen-bond acceptors (Lipinski definition) is 4. The number of hydrogen-bond donors (Lipinski definition) is 4. The lowest BCUT2D eigenvalue weighted by molar-refractivity contribution is -0.125. The van der Waals surface area contributed by atoms with Gasteiger partial charge in [0, 0.05) is 17.3 Å². The van der Waals surface area contributed by atoms with Gasteiger partial charge in [0.25, 0.3) is 0 Å². The molecule has 0 aliphatic rings. The molecule has 1 atom stereocenters. The molecule has 0 bridgehead atoms. The van der Waals surface area contributed by atoms with E-state index in [-0.39, 0.29) is 36.1 Å². The van der Waals surface area contributed by atoms with Crippen LogP contribution < -0.4 is 21.7 Å². The number of aryl methyl sites for hydroxylation is 1. The van der Waals surface area contributed by atoms with Gasteiger partial charge in [-0.25, -0.2) is 0 Å². The van der Waals surface area contributed by atoms with Gasteiger partial charge in [-0.2, -0.15) is 0 Å². The molecule has 0 saturated carbocycles. The minimum Gasteiger partial charge on any atom is -0.346 e. The Hall–Kier alpha value is -2.41. The Balaban J connectivity index is 2.67. The van der Waals surface area contributed by atoms with Gasteiger partial charge in [0.1, 0.15) is 0 Å². The number of anilines is 2. The molecule has 0 unspecified atom stereocenters. The van der Waals surface area contributed by atoms with E-state index in [9.17, 15) is 14.4 Å². The summed E-state index contributed by atoms with van der Waals surface area (Å²) >= 11 is 0. The topological polar surface area (TPSA) is 113 Å². The van der Waals surface area contributed by atoms with E-state index in [1.54, 1.807) is 32.0 Å². The fourth-order valence-electron chi connectivity index (χ4n) is 1.90. The van der Waals surface area contributed by atoms with Gasteiger partial charge in [0.2, 0.25) is 17.7 Å². The Bertz CT molecular complexity index is 641. The number of nitrogens with two attached hydrogens (primary N) is 1. The third-order valence-corrected chi connectivity index (χ3v) is 3.75. The molecule has 0 heterocycles. The summed E-state index contributed by atoms with van der Waals surface area (Å²) in [6.45, 7) is 8.96. The van der Waals surface area contributed by atoms with Crippen LogP contribution in [0.3, 0.4) is 0 Å². The van der Waals surface area contributed by atoms with Gasteiger partial charge in [0.15, 0.2) is 0 Å². The summed E-state index contributed by atoms with van der Waals surface area (Å²) < 4.78 is 0. The van der Waals surface area contributed by atoms with Gasteiger partial charge >= 0.3 is 0 Å². The molecule has 0 aromatic heterocycles. The Kier molecular flexibility index (Phi) is 7.57. The number of nitrogens with one attached hydrogen (secondary N) is 3. The van der Waals surface area contributed by atoms with Crippen LogP contribution in [0.4, 0.5) is 11.4 Å². The van der Waals surface area contributed by atoms with Crippen molar-refractivity contribution in [2.45, 2.75) is 40.7 Å². The fourth-order valence-corrected chi connectivity index (χ4v) is 1.90. The minimum absolute atomic E-state index is 0.00782. The van der Waals surface area contributed by atoms with E-state index in [2.05, 4.69) is 16.0 Å². The van der Waals surface area contributed by atoms with Crippen molar-refractivity contribution in [2.24, 2.45) is 17.6 Å². The average Bonchev–Trinajstić information content (AvgIpc) is 2.54. The lowest BCUT2D eigenvalue weighted by Crippen LogP contribution is -2.46. The molecule has 1 rings (SSSR count). The normalized spacial score (nSPS) is 12.0. The molecule has 0 aliphatic heterocycles. The van der Waals surface area contributed by atoms with Crippen LogP contribution in [0, 0.1) is 18.8 Å². The molecule has 138 valence electrons. The molecule has 0 radical (unpaired) electrons. The summed E-state index contributed by atoms with van der Waals surface area (Å²) in [4.78, 5) is 35.6. The van der Waals surface area contributed by atoms with Gasteiger partial charge < -0.3 is 21.7 Å². The van der Waals surface area contributed by atoms with Crippen molar-refractivity contribution in [1.29, 1.82) is 0 Å². The van der Waals surface area contributed by atoms with E-state index < -0.39 is 6.04 Å². The SMILES string of the molecule is Cc1ccc(NC(=O)C(C)C)cc1NC(=O)CNC(=O)[C@@H](N)C(C)C. The zero-order valence-electron chi connectivity index (χ0n) is 15.5. The van der Waals surface area contributed by atoms with Crippen LogP contribution in [0.1, 0.15) is 33.3 Å². The summed E-state index contributed by atoms with van der Waals surface area (Å²) in [5, 5.41) is 8.03. The molecule has 7 nitrogen and oxygen atoms in total. The van der Waals surface area contributed by atoms with Crippen molar-refractivity contribution in [3.8, 4) is 0 Å². The maximum atomic E-state index is 12.0. The first-order valence-corrected chi connectivity index (χ1v) is 8.36. The van der Waals surface area contributed by atoms with E-state index >= 15 is 0 Å². The summed E-state index contributed by atoms with van der Waals surface area (Å²) in [5.41, 5.74) is 7.76. The second kappa shape index (κ2) is 9.17. The number of benzene rings is 1. The molecule has 3 amide bonds. The van der Waals surface area contributed by atoms with Gasteiger partial charge in [-0.05, 0) is 30.5 Å². The van der Waals surface area contributed by atoms with Crippen LogP contribution in [0.2, 0.25) is 0 Å². The van der Waals surface area contributed by atoms with E-state index in [4.69, 9.17) is 5.73 Å². The summed E-state index contributed by atoms with van der Waals surface area (Å²) in [7, 11) is 0. The lowest BCUT2D eigenvalue weighted by Gasteiger charge is -2.16. The molecule has 0 spiro atoms. The average molecular weight is 348 g/mol. The molecule has 0 aliphatic carbocycles. The van der Waals surface area contributed by atoms with Crippen molar-refractivity contribution in [3.63, 3.8) is 0 Å². The highest BCUT2D eigenvalue weighted by atomic mass is 16.2. The van der Waals surface area contributed by atoms with Crippen molar-refractivity contribution < 1.29 is 14.4 Å². The highest BCUT2D eigenvalue weighted by molar-refractivity contribution is 5.97. The Morgan fingerprint density at radius 1 is 1.04 bits per heavy atom. The predicted octanol–water partition coefficient (Wildman–Crippen LogP) is 1.63. The van der Waals surface area contributed by atoms with Crippen LogP contribution >= 0.6 is 0 Å². The van der Waals surface area contributed by atoms with Crippen molar-refractivity contribution in [3.05, 3.63) is 23.8 Å². The first-order valence-electron chi connectivity index (χ1n) is 8.36. The van der Waals surface area contributed by atoms with Crippen LogP contribution in [-0.2, 0) is 14.4 Å². The summed E-state index contributed by atoms with van der Waals surface area (Å²) in [5.74, 6) is -0.970. The fraction of sp³-hybridized carbons (Fsp3) is 0.500. The number of carbonyl (C=O) groups is 3. The highest BCUT2D eigenvalue weighted by Gasteiger charge is 2.18. The first kappa shape index (κ1) is 20.6. The molecule has 0 saturated heterocycles. The quantitative estimate of drug-likeness (QED) is 0.600. The second-order valence-corrected chi connectivity index (χ2v) is 6.71. The van der Waals surface area contributed by atoms with E-state index in [0.29, 0.717) is 11.4 Å². The Morgan fingerprint density at radius 3 is 2.24 bits per heavy atom. The lowest BCUT2D eigenvalue weighted by atomic mass is 10.1. The highest BCUT2D eigenvalue weighted by Crippen LogP contribution is 2.20. The second-order valence-electron chi connectivity index (χ2n) is 6.71. The molecular weight excluding hydrogens is 320 g/mol. The molecule has 5 N–H and O–H groups in total. The molecule has 1 aromatic rings. The number of amides is 3. The van der Waals surface area contributed by atoms with E-state index in [1.807, 2.05) is 20.8 Å². The monoisotopic (exact) mass is 348 g/mol. The number of carbonyl (C=O) groups excluding carboxylic acids is 3. The van der Waals surface area contributed by atoms with Crippen molar-refractivity contribution >= 4 is 29.1 Å². The van der Waals surface area contributed by atoms with Crippen LogP contribution in [0.25, 0.3) is 0 Å². The molecular formula is C18H28N4O3. The van der Waals surface area contributed by atoms with Gasteiger partial charge in [-0.3, -0.25) is 14.4 Å². The largest absolute Gasteiger partial charge is 0.346 e. The van der Waals surface area contributed by atoms with Crippen LogP contribution in [-0.4, -0.2) is 30.3 Å². The van der Waals surface area contributed by atoms with Gasteiger partial charge in [0.05, 0.1) is 12.6 Å². The summed E-state index contributed by atoms with van der Waals surface area (Å²) in [6, 6.07) is 4.62. The Labute approximate surface area is 148 Å². The molecule has 0 fully saturated rings. The predicted molar refractivity (Wildman–Crippen MR) is 99.1 cm³/mol. The molecule has 7 heteroatoms. The van der Waals surface area contributed by atoms with Crippen LogP contribution in [0.15, 0.2) is 18.2 Å². The zero-order valence-corrected chi connectivity index (χ0v) is 15.5. The molecule has 25 heavy (non-hydrogen) atoms. The minimum atomic E-state index is -0.649. The van der Waals surface area contributed by atoms with Crippen LogP contribution in [0.5, 0.6) is 0 Å². The third kappa shape index (κ3) is 6.54. The van der Waals surface area contributed by atoms with Gasteiger partial charge in [-0.1, -0.05) is 33.8 Å². The van der Waals surface area contributed by atoms with E-state index in [1.165, 1.54) is 0 Å². The summed E-state index contributed by atoms with van der Waals surface area (Å²) in [6.07, 6.45) is 0. The first-order chi connectivity index (χ1) is 11.6. The third-order valence-electron chi connectivity index (χ3n) is 3.75. The van der Waals surface area contributed by atoms with Gasteiger partial charge in [-0.15, -0.1) is 0 Å². The smallest absolute Gasteiger partial charge is 0.243 e. The number of rotatable bonds is 7. The molecule has 1 aromatic carbocycles. The maximum Gasteiger partial charge on any atom is 0.243 e. The maximum absolute atomic E-state index is 12.0. The zero-order chi connectivity index (χ0) is 19.1. The van der Waals surface area contributed by atoms with E-state index in [0.717, 1.165) is 5.56 Å².